The van der Waals surface area contributed by atoms with Crippen LogP contribution in [0.1, 0.15) is 33.1 Å². The third kappa shape index (κ3) is 4.83. The Labute approximate surface area is 165 Å². The van der Waals surface area contributed by atoms with Crippen molar-refractivity contribution < 1.29 is 13.2 Å². The summed E-state index contributed by atoms with van der Waals surface area (Å²) in [7, 11) is -3.31. The van der Waals surface area contributed by atoms with Gasteiger partial charge in [0.15, 0.2) is 0 Å². The van der Waals surface area contributed by atoms with Crippen LogP contribution in [0.15, 0.2) is 30.5 Å². The molecule has 0 spiro atoms. The molecule has 3 rings (SSSR count). The van der Waals surface area contributed by atoms with Crippen molar-refractivity contribution in [2.75, 3.05) is 13.1 Å². The first-order chi connectivity index (χ1) is 12.8. The van der Waals surface area contributed by atoms with E-state index in [0.29, 0.717) is 43.9 Å². The van der Waals surface area contributed by atoms with Crippen LogP contribution in [-0.4, -0.2) is 48.2 Å². The lowest BCUT2D eigenvalue weighted by molar-refractivity contribution is -0.132. The normalized spacial score (nSPS) is 16.4. The summed E-state index contributed by atoms with van der Waals surface area (Å²) < 4.78 is 29.3. The number of hydrogen-bond donors (Lipinski definition) is 1. The van der Waals surface area contributed by atoms with Gasteiger partial charge in [0.25, 0.3) is 0 Å². The molecule has 1 aromatic carbocycles. The minimum Gasteiger partial charge on any atom is -0.347 e. The van der Waals surface area contributed by atoms with Gasteiger partial charge in [-0.3, -0.25) is 4.79 Å². The molecule has 0 radical (unpaired) electrons. The van der Waals surface area contributed by atoms with E-state index in [4.69, 9.17) is 11.6 Å². The number of amides is 1. The molecule has 1 saturated heterocycles. The topological polar surface area (TPSA) is 71.4 Å². The molecule has 2 heterocycles. The second kappa shape index (κ2) is 8.20. The number of rotatable bonds is 6. The van der Waals surface area contributed by atoms with E-state index in [9.17, 15) is 13.2 Å². The van der Waals surface area contributed by atoms with Crippen LogP contribution in [0, 0.1) is 0 Å². The van der Waals surface area contributed by atoms with Crippen molar-refractivity contribution >= 4 is 38.4 Å². The molecule has 1 fully saturated rings. The minimum absolute atomic E-state index is 0.0680. The van der Waals surface area contributed by atoms with E-state index in [2.05, 4.69) is 4.72 Å². The zero-order valence-corrected chi connectivity index (χ0v) is 17.3. The Bertz CT molecular complexity index is 915. The van der Waals surface area contributed by atoms with E-state index >= 15 is 0 Å². The second-order valence-electron chi connectivity index (χ2n) is 7.36. The highest BCUT2D eigenvalue weighted by Crippen LogP contribution is 2.22. The third-order valence-electron chi connectivity index (χ3n) is 4.93. The van der Waals surface area contributed by atoms with Crippen LogP contribution in [0.2, 0.25) is 5.02 Å². The number of halogens is 1. The van der Waals surface area contributed by atoms with Crippen LogP contribution >= 0.6 is 11.6 Å². The van der Waals surface area contributed by atoms with Crippen molar-refractivity contribution in [3.8, 4) is 0 Å². The molecule has 1 aliphatic heterocycles. The highest BCUT2D eigenvalue weighted by Gasteiger charge is 2.31. The van der Waals surface area contributed by atoms with Crippen LogP contribution in [0.5, 0.6) is 0 Å². The summed E-state index contributed by atoms with van der Waals surface area (Å²) in [5, 5.41) is 1.34. The van der Waals surface area contributed by atoms with Gasteiger partial charge in [0.1, 0.15) is 0 Å². The van der Waals surface area contributed by atoms with Gasteiger partial charge in [-0.05, 0) is 51.0 Å². The number of aryl methyl sites for hydroxylation is 1. The van der Waals surface area contributed by atoms with Crippen LogP contribution in [0.3, 0.4) is 0 Å². The number of benzene rings is 1. The molecular weight excluding hydrogens is 386 g/mol. The van der Waals surface area contributed by atoms with Gasteiger partial charge in [-0.1, -0.05) is 11.6 Å². The Hall–Kier alpha value is -1.57. The summed E-state index contributed by atoms with van der Waals surface area (Å²) in [5.41, 5.74) is 1.05. The number of likely N-dealkylation sites (tertiary alicyclic amines) is 1. The van der Waals surface area contributed by atoms with Crippen molar-refractivity contribution in [1.29, 1.82) is 0 Å². The van der Waals surface area contributed by atoms with Crippen molar-refractivity contribution in [1.82, 2.24) is 14.2 Å². The van der Waals surface area contributed by atoms with Crippen LogP contribution in [-0.2, 0) is 21.4 Å². The van der Waals surface area contributed by atoms with E-state index in [1.807, 2.05) is 48.9 Å². The van der Waals surface area contributed by atoms with Crippen LogP contribution in [0.4, 0.5) is 0 Å². The molecular formula is C19H26ClN3O3S. The number of nitrogens with one attached hydrogen (secondary N) is 1. The Kier molecular flexibility index (Phi) is 6.13. The summed E-state index contributed by atoms with van der Waals surface area (Å²) in [5.74, 6) is 0.0680. The maximum Gasteiger partial charge on any atom is 0.224 e. The lowest BCUT2D eigenvalue weighted by atomic mass is 10.1. The molecule has 27 heavy (non-hydrogen) atoms. The van der Waals surface area contributed by atoms with E-state index in [1.54, 1.807) is 4.90 Å². The maximum atomic E-state index is 12.5. The summed E-state index contributed by atoms with van der Waals surface area (Å²) in [4.78, 5) is 14.3. The number of carbonyl (C=O) groups excluding carboxylic acids is 1. The van der Waals surface area contributed by atoms with E-state index in [0.717, 1.165) is 10.9 Å². The van der Waals surface area contributed by atoms with Crippen molar-refractivity contribution in [3.05, 3.63) is 35.5 Å². The number of piperidine rings is 1. The molecule has 2 aromatic rings. The van der Waals surface area contributed by atoms with Gasteiger partial charge in [0, 0.05) is 54.2 Å². The van der Waals surface area contributed by atoms with Gasteiger partial charge < -0.3 is 9.47 Å². The summed E-state index contributed by atoms with van der Waals surface area (Å²) >= 11 is 6.01. The van der Waals surface area contributed by atoms with Crippen LogP contribution < -0.4 is 4.72 Å². The smallest absolute Gasteiger partial charge is 0.224 e. The van der Waals surface area contributed by atoms with Gasteiger partial charge >= 0.3 is 0 Å². The molecule has 0 saturated carbocycles. The molecule has 0 aliphatic carbocycles. The molecule has 148 valence electrons. The van der Waals surface area contributed by atoms with Gasteiger partial charge in [-0.2, -0.15) is 0 Å². The average molecular weight is 412 g/mol. The molecule has 1 aromatic heterocycles. The summed E-state index contributed by atoms with van der Waals surface area (Å²) in [6.45, 7) is 5.20. The number of aromatic nitrogens is 1. The van der Waals surface area contributed by atoms with E-state index in [-0.39, 0.29) is 11.9 Å². The molecule has 6 nitrogen and oxygen atoms in total. The zero-order valence-electron chi connectivity index (χ0n) is 15.7. The van der Waals surface area contributed by atoms with Gasteiger partial charge in [0.2, 0.25) is 15.9 Å². The quantitative estimate of drug-likeness (QED) is 0.794. The van der Waals surface area contributed by atoms with Crippen molar-refractivity contribution in [2.45, 2.75) is 50.9 Å². The number of nitrogens with zero attached hydrogens (tertiary/aromatic N) is 2. The summed E-state index contributed by atoms with van der Waals surface area (Å²) in [6, 6.07) is 7.59. The second-order valence-corrected chi connectivity index (χ2v) is 9.79. The Morgan fingerprint density at radius 1 is 1.26 bits per heavy atom. The molecule has 1 amide bonds. The Balaban J connectivity index is 1.54. The Morgan fingerprint density at radius 3 is 2.63 bits per heavy atom. The molecule has 0 unspecified atom stereocenters. The van der Waals surface area contributed by atoms with Crippen LogP contribution in [0.25, 0.3) is 10.9 Å². The first-order valence-corrected chi connectivity index (χ1v) is 11.2. The zero-order chi connectivity index (χ0) is 19.6. The number of sulfonamides is 1. The first-order valence-electron chi connectivity index (χ1n) is 9.29. The predicted molar refractivity (Wildman–Crippen MR) is 108 cm³/mol. The number of fused-ring (bicyclic) bond motifs is 1. The summed E-state index contributed by atoms with van der Waals surface area (Å²) in [6.07, 6.45) is 3.33. The fourth-order valence-corrected chi connectivity index (χ4v) is 5.44. The van der Waals surface area contributed by atoms with Gasteiger partial charge in [-0.25, -0.2) is 13.1 Å². The third-order valence-corrected chi connectivity index (χ3v) is 7.32. The standard InChI is InChI=1S/C19H26ClN3O3S/c1-14(2)21-27(25,26)17-6-10-23(11-7-17)19(24)8-12-22-9-5-15-13-16(20)3-4-18(15)22/h3-5,9,13-14,17,21H,6-8,10-12H2,1-2H3. The monoisotopic (exact) mass is 411 g/mol. The van der Waals surface area contributed by atoms with Crippen molar-refractivity contribution in [2.24, 2.45) is 0 Å². The van der Waals surface area contributed by atoms with E-state index in [1.165, 1.54) is 0 Å². The van der Waals surface area contributed by atoms with Gasteiger partial charge in [-0.15, -0.1) is 0 Å². The molecule has 1 aliphatic rings. The average Bonchev–Trinajstić information content (AvgIpc) is 3.00. The van der Waals surface area contributed by atoms with Crippen molar-refractivity contribution in [3.63, 3.8) is 0 Å². The fourth-order valence-electron chi connectivity index (χ4n) is 3.58. The van der Waals surface area contributed by atoms with E-state index < -0.39 is 15.3 Å². The predicted octanol–water partition coefficient (Wildman–Crippen LogP) is 3.00. The molecule has 8 heteroatoms. The SMILES string of the molecule is CC(C)NS(=O)(=O)C1CCN(C(=O)CCn2ccc3cc(Cl)ccc32)CC1. The lowest BCUT2D eigenvalue weighted by Gasteiger charge is -2.32. The number of carbonyl (C=O) groups is 1. The molecule has 0 bridgehead atoms. The largest absolute Gasteiger partial charge is 0.347 e. The molecule has 0 atom stereocenters. The minimum atomic E-state index is -3.31. The Morgan fingerprint density at radius 2 is 1.96 bits per heavy atom. The first kappa shape index (κ1) is 20.2. The highest BCUT2D eigenvalue weighted by molar-refractivity contribution is 7.90. The number of hydrogen-bond acceptors (Lipinski definition) is 3. The molecule has 1 N–H and O–H groups in total. The highest BCUT2D eigenvalue weighted by atomic mass is 35.5. The maximum absolute atomic E-state index is 12.5. The lowest BCUT2D eigenvalue weighted by Crippen LogP contribution is -2.46. The van der Waals surface area contributed by atoms with Gasteiger partial charge in [0.05, 0.1) is 5.25 Å². The fraction of sp³-hybridized carbons (Fsp3) is 0.526.